The second-order valence-corrected chi connectivity index (χ2v) is 9.27. The largest absolute Gasteiger partial charge is 0.476 e. The zero-order valence-corrected chi connectivity index (χ0v) is 16.9. The summed E-state index contributed by atoms with van der Waals surface area (Å²) in [7, 11) is -3.73. The molecule has 8 heteroatoms. The summed E-state index contributed by atoms with van der Waals surface area (Å²) < 4.78 is 29.8. The quantitative estimate of drug-likeness (QED) is 0.382. The summed E-state index contributed by atoms with van der Waals surface area (Å²) >= 11 is 0. The number of nitrogens with two attached hydrogens (primary N) is 2. The SMILES string of the molecule is CC(C)(C)OP(=O)(OCc1cccc(C[NH+]=C(N)N)c1)OC(C)(C)C. The normalized spacial score (nSPS) is 12.9. The predicted molar refractivity (Wildman–Crippen MR) is 98.6 cm³/mol. The van der Waals surface area contributed by atoms with Gasteiger partial charge in [-0.15, -0.1) is 0 Å². The highest BCUT2D eigenvalue weighted by molar-refractivity contribution is 7.48. The molecule has 0 amide bonds. The highest BCUT2D eigenvalue weighted by atomic mass is 31.2. The third-order valence-electron chi connectivity index (χ3n) is 2.65. The summed E-state index contributed by atoms with van der Waals surface area (Å²) in [5.41, 5.74) is 11.3. The zero-order chi connectivity index (χ0) is 19.3. The standard InChI is InChI=1S/C17H30N3O4P/c1-16(2,3)23-25(21,24-17(4,5)6)22-12-14-9-7-8-13(10-14)11-20-15(18)19/h7-10H,11-12H2,1-6H3,(H4,18,19,20)/p+1. The Bertz CT molecular complexity index is 624. The van der Waals surface area contributed by atoms with Gasteiger partial charge in [0.15, 0.2) is 0 Å². The minimum atomic E-state index is -3.73. The molecule has 5 N–H and O–H groups in total. The molecule has 0 bridgehead atoms. The molecule has 1 aromatic carbocycles. The maximum atomic E-state index is 13.0. The Labute approximate surface area is 150 Å². The van der Waals surface area contributed by atoms with Crippen LogP contribution in [-0.4, -0.2) is 17.2 Å². The number of phosphoric ester groups is 1. The molecule has 0 saturated heterocycles. The number of nitrogens with one attached hydrogen (secondary N) is 1. The third-order valence-corrected chi connectivity index (χ3v) is 4.64. The number of guanidine groups is 1. The van der Waals surface area contributed by atoms with Crippen LogP contribution in [0.3, 0.4) is 0 Å². The van der Waals surface area contributed by atoms with Crippen LogP contribution in [0.15, 0.2) is 24.3 Å². The van der Waals surface area contributed by atoms with Gasteiger partial charge in [0.25, 0.3) is 0 Å². The molecule has 7 nitrogen and oxygen atoms in total. The molecule has 0 spiro atoms. The maximum Gasteiger partial charge on any atom is 0.476 e. The number of hydrogen-bond donors (Lipinski definition) is 3. The lowest BCUT2D eigenvalue weighted by Crippen LogP contribution is -2.76. The lowest BCUT2D eigenvalue weighted by molar-refractivity contribution is -0.477. The Balaban J connectivity index is 2.87. The van der Waals surface area contributed by atoms with Crippen LogP contribution in [0.1, 0.15) is 52.7 Å². The molecule has 0 atom stereocenters. The molecule has 0 unspecified atom stereocenters. The zero-order valence-electron chi connectivity index (χ0n) is 16.0. The fraction of sp³-hybridized carbons (Fsp3) is 0.588. The first-order valence-corrected chi connectivity index (χ1v) is 9.60. The van der Waals surface area contributed by atoms with Crippen LogP contribution in [0, 0.1) is 0 Å². The molecule has 0 fully saturated rings. The Morgan fingerprint density at radius 2 is 1.56 bits per heavy atom. The highest BCUT2D eigenvalue weighted by Crippen LogP contribution is 2.55. The average molecular weight is 372 g/mol. The van der Waals surface area contributed by atoms with Crippen molar-refractivity contribution in [1.29, 1.82) is 0 Å². The first-order chi connectivity index (χ1) is 11.3. The lowest BCUT2D eigenvalue weighted by atomic mass is 10.1. The highest BCUT2D eigenvalue weighted by Gasteiger charge is 2.37. The van der Waals surface area contributed by atoms with Crippen LogP contribution in [-0.2, 0) is 31.3 Å². The van der Waals surface area contributed by atoms with Crippen LogP contribution >= 0.6 is 7.82 Å². The van der Waals surface area contributed by atoms with E-state index < -0.39 is 19.0 Å². The second kappa shape index (κ2) is 8.32. The maximum absolute atomic E-state index is 13.0. The first kappa shape index (κ1) is 21.6. The predicted octanol–water partition coefficient (Wildman–Crippen LogP) is 1.80. The van der Waals surface area contributed by atoms with Crippen molar-refractivity contribution in [3.8, 4) is 0 Å². The summed E-state index contributed by atoms with van der Waals surface area (Å²) in [4.78, 5) is 2.85. The van der Waals surface area contributed by atoms with E-state index in [9.17, 15) is 4.57 Å². The Kier molecular flexibility index (Phi) is 7.20. The van der Waals surface area contributed by atoms with E-state index in [1.807, 2.05) is 24.3 Å². The number of phosphoric acid groups is 1. The fourth-order valence-electron chi connectivity index (χ4n) is 1.93. The average Bonchev–Trinajstić information content (AvgIpc) is 2.39. The third kappa shape index (κ3) is 9.60. The van der Waals surface area contributed by atoms with Gasteiger partial charge in [-0.1, -0.05) is 24.3 Å². The van der Waals surface area contributed by atoms with Crippen LogP contribution < -0.4 is 16.5 Å². The van der Waals surface area contributed by atoms with Crippen LogP contribution in [0.4, 0.5) is 0 Å². The Morgan fingerprint density at radius 3 is 2.04 bits per heavy atom. The van der Waals surface area contributed by atoms with Crippen LogP contribution in [0.25, 0.3) is 0 Å². The van der Waals surface area contributed by atoms with Gasteiger partial charge in [0, 0.05) is 0 Å². The van der Waals surface area contributed by atoms with Gasteiger partial charge < -0.3 is 0 Å². The molecule has 1 aromatic rings. The van der Waals surface area contributed by atoms with E-state index in [-0.39, 0.29) is 12.6 Å². The van der Waals surface area contributed by atoms with Gasteiger partial charge in [-0.05, 0) is 52.7 Å². The van der Waals surface area contributed by atoms with E-state index in [0.29, 0.717) is 6.54 Å². The van der Waals surface area contributed by atoms with Gasteiger partial charge in [0.05, 0.1) is 24.4 Å². The molecule has 1 rings (SSSR count). The summed E-state index contributed by atoms with van der Waals surface area (Å²) in [6, 6.07) is 7.59. The molecule has 0 aliphatic carbocycles. The van der Waals surface area contributed by atoms with Crippen molar-refractivity contribution < 1.29 is 23.1 Å². The Hall–Kier alpha value is -1.40. The van der Waals surface area contributed by atoms with E-state index in [1.165, 1.54) is 0 Å². The first-order valence-electron chi connectivity index (χ1n) is 8.14. The number of rotatable bonds is 7. The molecule has 0 heterocycles. The topological polar surface area (TPSA) is 111 Å². The minimum absolute atomic E-state index is 0.0963. The summed E-state index contributed by atoms with van der Waals surface area (Å²) in [6.07, 6.45) is 0. The van der Waals surface area contributed by atoms with Gasteiger partial charge in [0.1, 0.15) is 0 Å². The van der Waals surface area contributed by atoms with Crippen molar-refractivity contribution in [2.45, 2.75) is 65.9 Å². The summed E-state index contributed by atoms with van der Waals surface area (Å²) in [6.45, 7) is 11.4. The van der Waals surface area contributed by atoms with Crippen molar-refractivity contribution in [3.63, 3.8) is 0 Å². The van der Waals surface area contributed by atoms with Crippen molar-refractivity contribution in [2.24, 2.45) is 11.5 Å². The monoisotopic (exact) mass is 372 g/mol. The van der Waals surface area contributed by atoms with Crippen molar-refractivity contribution in [3.05, 3.63) is 35.4 Å². The molecule has 0 saturated carbocycles. The van der Waals surface area contributed by atoms with Gasteiger partial charge >= 0.3 is 13.8 Å². The second-order valence-electron chi connectivity index (χ2n) is 7.76. The Morgan fingerprint density at radius 1 is 1.04 bits per heavy atom. The van der Waals surface area contributed by atoms with E-state index in [0.717, 1.165) is 11.1 Å². The molecule has 0 radical (unpaired) electrons. The number of hydrogen-bond acceptors (Lipinski definition) is 4. The molecular formula is C17H31N3O4P+. The van der Waals surface area contributed by atoms with Crippen molar-refractivity contribution >= 4 is 13.8 Å². The van der Waals surface area contributed by atoms with Crippen molar-refractivity contribution in [2.75, 3.05) is 0 Å². The minimum Gasteiger partial charge on any atom is -0.291 e. The van der Waals surface area contributed by atoms with Gasteiger partial charge in [0.2, 0.25) is 0 Å². The van der Waals surface area contributed by atoms with Gasteiger partial charge in [-0.3, -0.25) is 30.0 Å². The fourth-order valence-corrected chi connectivity index (χ4v) is 3.72. The molecule has 0 aliphatic heterocycles. The van der Waals surface area contributed by atoms with Gasteiger partial charge in [-0.25, -0.2) is 4.57 Å². The van der Waals surface area contributed by atoms with Gasteiger partial charge in [-0.2, -0.15) is 0 Å². The molecule has 0 aromatic heterocycles. The molecular weight excluding hydrogens is 341 g/mol. The molecule has 25 heavy (non-hydrogen) atoms. The summed E-state index contributed by atoms with van der Waals surface area (Å²) in [5, 5.41) is 0. The van der Waals surface area contributed by atoms with E-state index in [1.54, 1.807) is 41.5 Å². The summed E-state index contributed by atoms with van der Waals surface area (Å²) in [5.74, 6) is 0.156. The smallest absolute Gasteiger partial charge is 0.291 e. The molecule has 142 valence electrons. The number of benzene rings is 1. The lowest BCUT2D eigenvalue weighted by Gasteiger charge is -2.30. The van der Waals surface area contributed by atoms with Crippen LogP contribution in [0.2, 0.25) is 0 Å². The van der Waals surface area contributed by atoms with E-state index in [4.69, 9.17) is 25.0 Å². The molecule has 0 aliphatic rings. The van der Waals surface area contributed by atoms with Crippen molar-refractivity contribution in [1.82, 2.24) is 0 Å². The van der Waals surface area contributed by atoms with E-state index in [2.05, 4.69) is 4.99 Å². The van der Waals surface area contributed by atoms with E-state index >= 15 is 0 Å². The van der Waals surface area contributed by atoms with Crippen LogP contribution in [0.5, 0.6) is 0 Å².